The molecule has 0 bridgehead atoms. The summed E-state index contributed by atoms with van der Waals surface area (Å²) >= 11 is 1.66. The van der Waals surface area contributed by atoms with Gasteiger partial charge in [0, 0.05) is 30.0 Å². The highest BCUT2D eigenvalue weighted by Gasteiger charge is 2.51. The fourth-order valence-corrected chi connectivity index (χ4v) is 5.93. The summed E-state index contributed by atoms with van der Waals surface area (Å²) < 4.78 is 5.21. The number of fused-ring (bicyclic) bond motifs is 1. The number of hydrogen-bond acceptors (Lipinski definition) is 6. The Bertz CT molecular complexity index is 1270. The lowest BCUT2D eigenvalue weighted by Crippen LogP contribution is -2.44. The largest absolute Gasteiger partial charge is 0.459 e. The second-order valence-electron chi connectivity index (χ2n) is 9.67. The van der Waals surface area contributed by atoms with E-state index < -0.39 is 6.04 Å². The minimum Gasteiger partial charge on any atom is -0.459 e. The van der Waals surface area contributed by atoms with Crippen LogP contribution in [-0.2, 0) is 9.59 Å². The Kier molecular flexibility index (Phi) is 7.23. The first kappa shape index (κ1) is 25.0. The summed E-state index contributed by atoms with van der Waals surface area (Å²) in [6.45, 7) is 2.87. The molecule has 37 heavy (non-hydrogen) atoms. The van der Waals surface area contributed by atoms with E-state index in [0.717, 1.165) is 10.4 Å². The molecule has 0 radical (unpaired) electrons. The van der Waals surface area contributed by atoms with Crippen LogP contribution in [0.4, 0.5) is 0 Å². The number of carbonyl (C=O) groups is 4. The number of nitrogens with zero attached hydrogens (tertiary/aromatic N) is 2. The van der Waals surface area contributed by atoms with E-state index in [9.17, 15) is 19.2 Å². The summed E-state index contributed by atoms with van der Waals surface area (Å²) in [7, 11) is 0. The van der Waals surface area contributed by atoms with Crippen molar-refractivity contribution in [1.29, 1.82) is 0 Å². The lowest BCUT2D eigenvalue weighted by molar-refractivity contribution is -0.137. The van der Waals surface area contributed by atoms with Crippen molar-refractivity contribution in [3.05, 3.63) is 71.5 Å². The number of carbonyl (C=O) groups excluding carboxylic acids is 4. The van der Waals surface area contributed by atoms with Crippen molar-refractivity contribution in [1.82, 2.24) is 15.1 Å². The topological polar surface area (TPSA) is 99.9 Å². The molecule has 9 heteroatoms. The van der Waals surface area contributed by atoms with Crippen molar-refractivity contribution in [2.45, 2.75) is 38.3 Å². The van der Waals surface area contributed by atoms with E-state index in [1.54, 1.807) is 28.4 Å². The second-order valence-corrected chi connectivity index (χ2v) is 10.6. The number of rotatable bonds is 8. The van der Waals surface area contributed by atoms with E-state index in [2.05, 4.69) is 5.32 Å². The molecule has 8 nitrogen and oxygen atoms in total. The molecule has 2 aliphatic rings. The molecule has 4 heterocycles. The van der Waals surface area contributed by atoms with E-state index in [0.29, 0.717) is 31.5 Å². The van der Waals surface area contributed by atoms with Crippen molar-refractivity contribution < 1.29 is 23.6 Å². The number of hydrogen-bond donors (Lipinski definition) is 1. The number of ketones is 1. The van der Waals surface area contributed by atoms with Crippen molar-refractivity contribution >= 4 is 34.8 Å². The predicted octanol–water partition coefficient (Wildman–Crippen LogP) is 3.85. The summed E-state index contributed by atoms with van der Waals surface area (Å²) in [6.07, 6.45) is 2.93. The van der Waals surface area contributed by atoms with Crippen LogP contribution in [0.5, 0.6) is 0 Å². The molecule has 0 spiro atoms. The Morgan fingerprint density at radius 3 is 2.62 bits per heavy atom. The van der Waals surface area contributed by atoms with Gasteiger partial charge in [-0.15, -0.1) is 11.3 Å². The molecule has 2 aromatic heterocycles. The third-order valence-corrected chi connectivity index (χ3v) is 8.05. The quantitative estimate of drug-likeness (QED) is 0.487. The van der Waals surface area contributed by atoms with Crippen molar-refractivity contribution in [3.8, 4) is 10.4 Å². The minimum atomic E-state index is -0.588. The molecule has 3 aromatic rings. The first-order chi connectivity index (χ1) is 17.9. The Balaban J connectivity index is 1.09. The fraction of sp³-hybridized carbons (Fsp3) is 0.357. The summed E-state index contributed by atoms with van der Waals surface area (Å²) in [5.41, 5.74) is 1.68. The molecule has 5 rings (SSSR count). The van der Waals surface area contributed by atoms with Gasteiger partial charge in [0.25, 0.3) is 11.8 Å². The zero-order chi connectivity index (χ0) is 25.9. The number of Topliss-reactive ketones (excluding diaryl/α,β-unsaturated/α-hetero) is 1. The van der Waals surface area contributed by atoms with Crippen LogP contribution in [0.2, 0.25) is 0 Å². The summed E-state index contributed by atoms with van der Waals surface area (Å²) in [5, 5.41) is 4.96. The smallest absolute Gasteiger partial charge is 0.290 e. The Morgan fingerprint density at radius 2 is 1.92 bits per heavy atom. The van der Waals surface area contributed by atoms with Crippen LogP contribution in [0.25, 0.3) is 10.4 Å². The van der Waals surface area contributed by atoms with E-state index in [4.69, 9.17) is 4.42 Å². The standard InChI is InChI=1S/C28H29N3O5S/c1-18(10-12-29-27(34)20-8-6-19(7-9-20)24-5-3-15-37-24)16-25(33)30-13-11-21-26(30)22(32)17-31(21)28(35)23-4-2-14-36-23/h2-9,14-15,18,21,26H,10-13,16-17H2,1H3,(H,29,34). The third kappa shape index (κ3) is 5.22. The Hall–Kier alpha value is -3.72. The van der Waals surface area contributed by atoms with Gasteiger partial charge >= 0.3 is 0 Å². The Morgan fingerprint density at radius 1 is 1.11 bits per heavy atom. The predicted molar refractivity (Wildman–Crippen MR) is 139 cm³/mol. The summed E-state index contributed by atoms with van der Waals surface area (Å²) in [4.78, 5) is 55.4. The molecule has 3 atom stereocenters. The highest BCUT2D eigenvalue weighted by molar-refractivity contribution is 7.13. The number of likely N-dealkylation sites (tertiary alicyclic amines) is 2. The SMILES string of the molecule is CC(CCNC(=O)c1ccc(-c2cccs2)cc1)CC(=O)N1CCC2C1C(=O)CN2C(=O)c1ccco1. The maximum atomic E-state index is 13.1. The van der Waals surface area contributed by atoms with Gasteiger partial charge in [-0.25, -0.2) is 0 Å². The highest BCUT2D eigenvalue weighted by Crippen LogP contribution is 2.32. The van der Waals surface area contributed by atoms with Gasteiger partial charge in [-0.2, -0.15) is 0 Å². The normalized spacial score (nSPS) is 19.6. The Labute approximate surface area is 219 Å². The maximum absolute atomic E-state index is 13.1. The first-order valence-corrected chi connectivity index (χ1v) is 13.4. The van der Waals surface area contributed by atoms with Crippen LogP contribution < -0.4 is 5.32 Å². The lowest BCUT2D eigenvalue weighted by atomic mass is 10.0. The number of furan rings is 1. The number of benzene rings is 1. The molecule has 2 saturated heterocycles. The van der Waals surface area contributed by atoms with Crippen molar-refractivity contribution in [2.75, 3.05) is 19.6 Å². The molecule has 3 amide bonds. The van der Waals surface area contributed by atoms with E-state index in [1.165, 1.54) is 11.2 Å². The van der Waals surface area contributed by atoms with Crippen LogP contribution >= 0.6 is 11.3 Å². The van der Waals surface area contributed by atoms with Gasteiger partial charge in [0.1, 0.15) is 6.04 Å². The van der Waals surface area contributed by atoms with Crippen LogP contribution in [0.3, 0.4) is 0 Å². The molecule has 2 aliphatic heterocycles. The van der Waals surface area contributed by atoms with Gasteiger partial charge in [-0.05, 0) is 60.0 Å². The molecular weight excluding hydrogens is 490 g/mol. The third-order valence-electron chi connectivity index (χ3n) is 7.13. The summed E-state index contributed by atoms with van der Waals surface area (Å²) in [5.74, 6) is -0.420. The molecule has 0 saturated carbocycles. The van der Waals surface area contributed by atoms with E-state index >= 15 is 0 Å². The monoisotopic (exact) mass is 519 g/mol. The first-order valence-electron chi connectivity index (χ1n) is 12.5. The van der Waals surface area contributed by atoms with Gasteiger partial charge in [-0.3, -0.25) is 19.2 Å². The van der Waals surface area contributed by atoms with Crippen molar-refractivity contribution in [2.24, 2.45) is 5.92 Å². The molecular formula is C28H29N3O5S. The van der Waals surface area contributed by atoms with Crippen LogP contribution in [-0.4, -0.2) is 65.0 Å². The average molecular weight is 520 g/mol. The zero-order valence-electron chi connectivity index (χ0n) is 20.6. The lowest BCUT2D eigenvalue weighted by Gasteiger charge is -2.25. The molecule has 0 aliphatic carbocycles. The highest BCUT2D eigenvalue weighted by atomic mass is 32.1. The maximum Gasteiger partial charge on any atom is 0.290 e. The molecule has 192 valence electrons. The van der Waals surface area contributed by atoms with E-state index in [1.807, 2.05) is 48.7 Å². The average Bonchev–Trinajstić information content (AvgIpc) is 3.70. The van der Waals surface area contributed by atoms with Crippen LogP contribution in [0.1, 0.15) is 47.1 Å². The molecule has 1 N–H and O–H groups in total. The van der Waals surface area contributed by atoms with Crippen LogP contribution in [0, 0.1) is 5.92 Å². The van der Waals surface area contributed by atoms with E-state index in [-0.39, 0.29) is 54.2 Å². The van der Waals surface area contributed by atoms with Gasteiger partial charge < -0.3 is 19.5 Å². The second kappa shape index (κ2) is 10.7. The number of thiophene rings is 1. The molecule has 2 fully saturated rings. The minimum absolute atomic E-state index is 0.00542. The van der Waals surface area contributed by atoms with Gasteiger partial charge in [0.15, 0.2) is 11.5 Å². The fourth-order valence-electron chi connectivity index (χ4n) is 5.19. The van der Waals surface area contributed by atoms with Crippen LogP contribution in [0.15, 0.2) is 64.6 Å². The summed E-state index contributed by atoms with van der Waals surface area (Å²) in [6, 6.07) is 13.9. The number of amides is 3. The number of nitrogens with one attached hydrogen (secondary N) is 1. The zero-order valence-corrected chi connectivity index (χ0v) is 21.4. The van der Waals surface area contributed by atoms with Gasteiger partial charge in [0.05, 0.1) is 18.8 Å². The molecule has 3 unspecified atom stereocenters. The van der Waals surface area contributed by atoms with Crippen molar-refractivity contribution in [3.63, 3.8) is 0 Å². The van der Waals surface area contributed by atoms with Gasteiger partial charge in [-0.1, -0.05) is 25.1 Å². The molecule has 1 aromatic carbocycles. The van der Waals surface area contributed by atoms with Gasteiger partial charge in [0.2, 0.25) is 5.91 Å².